The minimum atomic E-state index is -0.328. The van der Waals surface area contributed by atoms with Crippen LogP contribution in [0.25, 0.3) is 10.9 Å². The Balaban J connectivity index is 1.82. The van der Waals surface area contributed by atoms with E-state index in [0.717, 1.165) is 17.3 Å². The number of rotatable bonds is 6. The zero-order valence-corrected chi connectivity index (χ0v) is 16.0. The molecule has 3 aromatic rings. The molecule has 1 heterocycles. The number of H-pyrrole nitrogens is 1. The smallest absolute Gasteiger partial charge is 0.257 e. The van der Waals surface area contributed by atoms with Gasteiger partial charge in [0.2, 0.25) is 0 Å². The Bertz CT molecular complexity index is 1020. The number of aromatic amines is 1. The first-order valence-electron chi connectivity index (χ1n) is 8.75. The predicted octanol–water partition coefficient (Wildman–Crippen LogP) is 3.62. The third-order valence-corrected chi connectivity index (χ3v) is 3.99. The summed E-state index contributed by atoms with van der Waals surface area (Å²) in [6.07, 6.45) is 0.787. The fourth-order valence-electron chi connectivity index (χ4n) is 2.59. The number of nitrogens with zero attached hydrogens (tertiary/aromatic N) is 1. The van der Waals surface area contributed by atoms with Gasteiger partial charge >= 0.3 is 0 Å². The number of methoxy groups -OCH3 is 2. The Morgan fingerprint density at radius 2 is 1.82 bits per heavy atom. The first-order valence-corrected chi connectivity index (χ1v) is 8.75. The van der Waals surface area contributed by atoms with Crippen LogP contribution in [-0.4, -0.2) is 36.9 Å². The topological polar surface area (TPSA) is 85.5 Å². The van der Waals surface area contributed by atoms with Crippen LogP contribution in [0.1, 0.15) is 23.7 Å². The van der Waals surface area contributed by atoms with Gasteiger partial charge in [-0.2, -0.15) is 5.10 Å². The van der Waals surface area contributed by atoms with Gasteiger partial charge in [0.05, 0.1) is 19.7 Å². The van der Waals surface area contributed by atoms with Gasteiger partial charge in [0, 0.05) is 23.4 Å². The summed E-state index contributed by atoms with van der Waals surface area (Å²) in [5, 5.41) is 10.6. The van der Waals surface area contributed by atoms with Gasteiger partial charge in [-0.1, -0.05) is 12.8 Å². The van der Waals surface area contributed by atoms with Gasteiger partial charge < -0.3 is 19.5 Å². The number of hydrogen-bond acceptors (Lipinski definition) is 5. The van der Waals surface area contributed by atoms with E-state index in [1.165, 1.54) is 14.2 Å². The number of carbonyl (C=O) groups excluding carboxylic acids is 1. The standard InChI is InChI=1S/C21H21N3O4/c1-4-5-6-9-28-15-7-8-19-18(13-15)20(24-23-19)22-21(25)14-10-16(26-2)12-17(11-14)27-3/h7-8,10-13H,4,9H2,1-3H3,(H2,22,23,24,25). The molecule has 2 N–H and O–H groups in total. The van der Waals surface area contributed by atoms with E-state index >= 15 is 0 Å². The lowest BCUT2D eigenvalue weighted by Crippen LogP contribution is -2.12. The number of hydrogen-bond donors (Lipinski definition) is 2. The van der Waals surface area contributed by atoms with Crippen molar-refractivity contribution in [2.45, 2.75) is 13.3 Å². The van der Waals surface area contributed by atoms with Gasteiger partial charge in [-0.3, -0.25) is 9.89 Å². The molecule has 28 heavy (non-hydrogen) atoms. The van der Waals surface area contributed by atoms with Crippen molar-refractivity contribution in [3.8, 4) is 29.1 Å². The van der Waals surface area contributed by atoms with Crippen molar-refractivity contribution >= 4 is 22.6 Å². The van der Waals surface area contributed by atoms with Crippen molar-refractivity contribution in [3.05, 3.63) is 42.0 Å². The van der Waals surface area contributed by atoms with Gasteiger partial charge in [-0.15, -0.1) is 5.92 Å². The maximum Gasteiger partial charge on any atom is 0.257 e. The Labute approximate surface area is 163 Å². The van der Waals surface area contributed by atoms with Crippen molar-refractivity contribution in [1.29, 1.82) is 0 Å². The second kappa shape index (κ2) is 8.82. The highest BCUT2D eigenvalue weighted by Crippen LogP contribution is 2.27. The van der Waals surface area contributed by atoms with Crippen LogP contribution in [0.2, 0.25) is 0 Å². The highest BCUT2D eigenvalue weighted by atomic mass is 16.5. The molecule has 7 heteroatoms. The minimum absolute atomic E-state index is 0.308. The van der Waals surface area contributed by atoms with Gasteiger partial charge in [0.15, 0.2) is 5.82 Å². The summed E-state index contributed by atoms with van der Waals surface area (Å²) in [6, 6.07) is 10.4. The third kappa shape index (κ3) is 4.35. The fourth-order valence-corrected chi connectivity index (χ4v) is 2.59. The van der Waals surface area contributed by atoms with Crippen molar-refractivity contribution < 1.29 is 19.0 Å². The Morgan fingerprint density at radius 3 is 2.50 bits per heavy atom. The molecule has 0 bridgehead atoms. The summed E-state index contributed by atoms with van der Waals surface area (Å²) in [7, 11) is 3.06. The maximum atomic E-state index is 12.7. The van der Waals surface area contributed by atoms with Crippen molar-refractivity contribution in [2.75, 3.05) is 26.1 Å². The molecule has 2 aromatic carbocycles. The third-order valence-electron chi connectivity index (χ3n) is 3.99. The Kier molecular flexibility index (Phi) is 6.02. The molecule has 144 valence electrons. The number of amides is 1. The Morgan fingerprint density at radius 1 is 1.07 bits per heavy atom. The number of carbonyl (C=O) groups is 1. The molecule has 1 aromatic heterocycles. The van der Waals surface area contributed by atoms with Crippen LogP contribution in [0.15, 0.2) is 36.4 Å². The van der Waals surface area contributed by atoms with Crippen LogP contribution >= 0.6 is 0 Å². The molecule has 0 atom stereocenters. The van der Waals surface area contributed by atoms with Gasteiger partial charge in [-0.25, -0.2) is 0 Å². The molecular formula is C21H21N3O4. The lowest BCUT2D eigenvalue weighted by Gasteiger charge is -2.08. The summed E-state index contributed by atoms with van der Waals surface area (Å²) in [6.45, 7) is 2.29. The van der Waals surface area contributed by atoms with E-state index < -0.39 is 0 Å². The largest absolute Gasteiger partial charge is 0.497 e. The molecular weight excluding hydrogens is 358 g/mol. The zero-order chi connectivity index (χ0) is 19.9. The highest BCUT2D eigenvalue weighted by Gasteiger charge is 2.14. The second-order valence-electron chi connectivity index (χ2n) is 5.83. The van der Waals surface area contributed by atoms with E-state index in [2.05, 4.69) is 27.4 Å². The molecule has 0 saturated carbocycles. The fraction of sp³-hybridized carbons (Fsp3) is 0.238. The summed E-state index contributed by atoms with van der Waals surface area (Å²) in [5.74, 6) is 7.67. The van der Waals surface area contributed by atoms with Gasteiger partial charge in [0.25, 0.3) is 5.91 Å². The average molecular weight is 379 g/mol. The molecule has 3 rings (SSSR count). The quantitative estimate of drug-likeness (QED) is 0.639. The van der Waals surface area contributed by atoms with Crippen molar-refractivity contribution in [3.63, 3.8) is 0 Å². The molecule has 0 saturated heterocycles. The molecule has 0 radical (unpaired) electrons. The number of fused-ring (bicyclic) bond motifs is 1. The normalized spacial score (nSPS) is 10.1. The van der Waals surface area contributed by atoms with E-state index in [0.29, 0.717) is 35.2 Å². The lowest BCUT2D eigenvalue weighted by atomic mass is 10.1. The minimum Gasteiger partial charge on any atom is -0.497 e. The SMILES string of the molecule is CCC#CCOc1ccc2[nH]nc(NC(=O)c3cc(OC)cc(OC)c3)c2c1. The van der Waals surface area contributed by atoms with Crippen LogP contribution < -0.4 is 19.5 Å². The van der Waals surface area contributed by atoms with Crippen LogP contribution in [0.3, 0.4) is 0 Å². The molecule has 7 nitrogen and oxygen atoms in total. The van der Waals surface area contributed by atoms with E-state index in [1.54, 1.807) is 18.2 Å². The second-order valence-corrected chi connectivity index (χ2v) is 5.83. The molecule has 1 amide bonds. The van der Waals surface area contributed by atoms with E-state index in [9.17, 15) is 4.79 Å². The summed E-state index contributed by atoms with van der Waals surface area (Å²) in [5.41, 5.74) is 1.18. The first-order chi connectivity index (χ1) is 13.6. The maximum absolute atomic E-state index is 12.7. The molecule has 0 fully saturated rings. The van der Waals surface area contributed by atoms with Gasteiger partial charge in [-0.05, 0) is 30.3 Å². The molecule has 0 unspecified atom stereocenters. The lowest BCUT2D eigenvalue weighted by molar-refractivity contribution is 0.102. The van der Waals surface area contributed by atoms with E-state index in [4.69, 9.17) is 14.2 Å². The summed E-state index contributed by atoms with van der Waals surface area (Å²) < 4.78 is 16.1. The summed E-state index contributed by atoms with van der Waals surface area (Å²) >= 11 is 0. The molecule has 0 aliphatic carbocycles. The average Bonchev–Trinajstić information content (AvgIpc) is 3.12. The Hall–Kier alpha value is -3.66. The number of aromatic nitrogens is 2. The number of ether oxygens (including phenoxy) is 3. The van der Waals surface area contributed by atoms with E-state index in [-0.39, 0.29) is 5.91 Å². The van der Waals surface area contributed by atoms with Crippen LogP contribution in [0.5, 0.6) is 17.2 Å². The first kappa shape index (κ1) is 19.1. The van der Waals surface area contributed by atoms with E-state index in [1.807, 2.05) is 25.1 Å². The number of anilines is 1. The van der Waals surface area contributed by atoms with Crippen LogP contribution in [0.4, 0.5) is 5.82 Å². The molecule has 0 aliphatic rings. The predicted molar refractivity (Wildman–Crippen MR) is 107 cm³/mol. The van der Waals surface area contributed by atoms with Gasteiger partial charge in [0.1, 0.15) is 23.9 Å². The van der Waals surface area contributed by atoms with Crippen molar-refractivity contribution in [2.24, 2.45) is 0 Å². The van der Waals surface area contributed by atoms with Crippen molar-refractivity contribution in [1.82, 2.24) is 10.2 Å². The molecule has 0 spiro atoms. The molecule has 0 aliphatic heterocycles. The summed E-state index contributed by atoms with van der Waals surface area (Å²) in [4.78, 5) is 12.7. The zero-order valence-electron chi connectivity index (χ0n) is 16.0. The van der Waals surface area contributed by atoms with Crippen LogP contribution in [0, 0.1) is 11.8 Å². The van der Waals surface area contributed by atoms with Crippen LogP contribution in [-0.2, 0) is 0 Å². The number of nitrogens with one attached hydrogen (secondary N) is 2. The highest BCUT2D eigenvalue weighted by molar-refractivity contribution is 6.08. The number of benzene rings is 2. The monoisotopic (exact) mass is 379 g/mol.